The molecular weight excluding hydrogens is 322 g/mol. The minimum atomic E-state index is -1.64. The second-order valence-electron chi connectivity index (χ2n) is 5.44. The predicted octanol–water partition coefficient (Wildman–Crippen LogP) is 1.04. The van der Waals surface area contributed by atoms with Crippen molar-refractivity contribution in [3.8, 4) is 0 Å². The summed E-state index contributed by atoms with van der Waals surface area (Å²) in [4.78, 5) is 22.9. The SMILES string of the molecule is O=C(O)C=CNC(=O)[C@@H](O)C(CO)(c1ccccc1)c1ccccc1. The summed E-state index contributed by atoms with van der Waals surface area (Å²) in [5.74, 6) is -2.05. The van der Waals surface area contributed by atoms with Crippen LogP contribution < -0.4 is 5.32 Å². The van der Waals surface area contributed by atoms with Gasteiger partial charge in [-0.3, -0.25) is 4.79 Å². The lowest BCUT2D eigenvalue weighted by Crippen LogP contribution is -2.51. The quantitative estimate of drug-likeness (QED) is 0.563. The molecule has 0 radical (unpaired) electrons. The number of rotatable bonds is 7. The number of nitrogens with one attached hydrogen (secondary N) is 1. The molecule has 0 saturated carbocycles. The van der Waals surface area contributed by atoms with Gasteiger partial charge in [0.15, 0.2) is 0 Å². The van der Waals surface area contributed by atoms with Crippen molar-refractivity contribution in [1.82, 2.24) is 5.32 Å². The Bertz CT molecular complexity index is 703. The van der Waals surface area contributed by atoms with Crippen molar-refractivity contribution < 1.29 is 24.9 Å². The molecule has 2 aromatic carbocycles. The highest BCUT2D eigenvalue weighted by Gasteiger charge is 2.44. The standard InChI is InChI=1S/C19H19NO5/c21-13-19(14-7-3-1-4-8-14,15-9-5-2-6-10-15)17(24)18(25)20-12-11-16(22)23/h1-12,17,21,24H,13H2,(H,20,25)(H,22,23)/t17-/m1/s1. The topological polar surface area (TPSA) is 107 Å². The zero-order chi connectivity index (χ0) is 18.3. The normalized spacial score (nSPS) is 12.7. The molecule has 130 valence electrons. The van der Waals surface area contributed by atoms with Gasteiger partial charge >= 0.3 is 5.97 Å². The molecule has 0 aliphatic rings. The lowest BCUT2D eigenvalue weighted by molar-refractivity contribution is -0.132. The van der Waals surface area contributed by atoms with E-state index in [1.54, 1.807) is 60.7 Å². The first kappa shape index (κ1) is 18.4. The molecule has 0 bridgehead atoms. The molecule has 0 aliphatic heterocycles. The number of hydrogen-bond donors (Lipinski definition) is 4. The van der Waals surface area contributed by atoms with Gasteiger partial charge in [0.25, 0.3) is 5.91 Å². The predicted molar refractivity (Wildman–Crippen MR) is 91.7 cm³/mol. The first-order chi connectivity index (χ1) is 12.0. The highest BCUT2D eigenvalue weighted by Crippen LogP contribution is 2.35. The Labute approximate surface area is 145 Å². The summed E-state index contributed by atoms with van der Waals surface area (Å²) in [6.45, 7) is -0.516. The van der Waals surface area contributed by atoms with Gasteiger partial charge in [0.2, 0.25) is 0 Å². The van der Waals surface area contributed by atoms with Gasteiger partial charge in [-0.25, -0.2) is 4.79 Å². The molecule has 25 heavy (non-hydrogen) atoms. The van der Waals surface area contributed by atoms with Gasteiger partial charge in [-0.1, -0.05) is 60.7 Å². The summed E-state index contributed by atoms with van der Waals surface area (Å²) in [5, 5.41) is 31.7. The first-order valence-corrected chi connectivity index (χ1v) is 7.62. The number of hydrogen-bond acceptors (Lipinski definition) is 4. The average molecular weight is 341 g/mol. The molecule has 0 fully saturated rings. The number of carbonyl (C=O) groups excluding carboxylic acids is 1. The van der Waals surface area contributed by atoms with Crippen LogP contribution in [0.25, 0.3) is 0 Å². The summed E-state index contributed by atoms with van der Waals surface area (Å²) >= 11 is 0. The van der Waals surface area contributed by atoms with E-state index in [2.05, 4.69) is 5.32 Å². The Balaban J connectivity index is 2.48. The van der Waals surface area contributed by atoms with E-state index in [0.717, 1.165) is 12.3 Å². The van der Waals surface area contributed by atoms with E-state index < -0.39 is 30.0 Å². The molecule has 0 unspecified atom stereocenters. The maximum absolute atomic E-state index is 12.4. The third-order valence-electron chi connectivity index (χ3n) is 3.99. The lowest BCUT2D eigenvalue weighted by Gasteiger charge is -2.36. The van der Waals surface area contributed by atoms with Crippen molar-refractivity contribution >= 4 is 11.9 Å². The van der Waals surface area contributed by atoms with Gasteiger partial charge < -0.3 is 20.6 Å². The van der Waals surface area contributed by atoms with Crippen molar-refractivity contribution in [3.63, 3.8) is 0 Å². The largest absolute Gasteiger partial charge is 0.478 e. The van der Waals surface area contributed by atoms with Crippen LogP contribution in [0.5, 0.6) is 0 Å². The van der Waals surface area contributed by atoms with Gasteiger partial charge in [-0.2, -0.15) is 0 Å². The number of aliphatic carboxylic acids is 1. The van der Waals surface area contributed by atoms with E-state index in [1.165, 1.54) is 0 Å². The fourth-order valence-electron chi connectivity index (χ4n) is 2.72. The molecule has 6 heteroatoms. The van der Waals surface area contributed by atoms with E-state index in [1.807, 2.05) is 0 Å². The van der Waals surface area contributed by atoms with Crippen LogP contribution in [0.15, 0.2) is 72.9 Å². The van der Waals surface area contributed by atoms with Crippen LogP contribution in [0.2, 0.25) is 0 Å². The van der Waals surface area contributed by atoms with Crippen molar-refractivity contribution in [2.24, 2.45) is 0 Å². The van der Waals surface area contributed by atoms with Gasteiger partial charge in [0.05, 0.1) is 12.0 Å². The van der Waals surface area contributed by atoms with Crippen LogP contribution in [0.3, 0.4) is 0 Å². The lowest BCUT2D eigenvalue weighted by atomic mass is 9.70. The van der Waals surface area contributed by atoms with Crippen molar-refractivity contribution in [3.05, 3.63) is 84.1 Å². The minimum absolute atomic E-state index is 0.516. The average Bonchev–Trinajstić information content (AvgIpc) is 2.64. The molecule has 4 N–H and O–H groups in total. The van der Waals surface area contributed by atoms with Crippen LogP contribution in [-0.2, 0) is 15.0 Å². The zero-order valence-corrected chi connectivity index (χ0v) is 13.4. The Kier molecular flexibility index (Phi) is 6.05. The molecule has 0 aliphatic carbocycles. The maximum atomic E-state index is 12.4. The number of carboxylic acids is 1. The molecule has 2 aromatic rings. The molecule has 0 heterocycles. The number of carboxylic acid groups (broad SMARTS) is 1. The number of carbonyl (C=O) groups is 2. The molecule has 0 spiro atoms. The summed E-state index contributed by atoms with van der Waals surface area (Å²) in [6.07, 6.45) is 0.0446. The smallest absolute Gasteiger partial charge is 0.329 e. The second kappa shape index (κ2) is 8.23. The highest BCUT2D eigenvalue weighted by molar-refractivity contribution is 5.86. The van der Waals surface area contributed by atoms with E-state index in [9.17, 15) is 19.8 Å². The minimum Gasteiger partial charge on any atom is -0.478 e. The van der Waals surface area contributed by atoms with Crippen LogP contribution >= 0.6 is 0 Å². The summed E-state index contributed by atoms with van der Waals surface area (Å²) in [5.41, 5.74) is -0.258. The van der Waals surface area contributed by atoms with Gasteiger partial charge in [-0.05, 0) is 11.1 Å². The van der Waals surface area contributed by atoms with Crippen molar-refractivity contribution in [2.45, 2.75) is 11.5 Å². The first-order valence-electron chi connectivity index (χ1n) is 7.62. The van der Waals surface area contributed by atoms with E-state index >= 15 is 0 Å². The molecule has 0 aromatic heterocycles. The number of amides is 1. The monoisotopic (exact) mass is 341 g/mol. The maximum Gasteiger partial charge on any atom is 0.329 e. The Morgan fingerprint density at radius 1 is 1.00 bits per heavy atom. The molecule has 6 nitrogen and oxygen atoms in total. The van der Waals surface area contributed by atoms with Crippen LogP contribution in [0.4, 0.5) is 0 Å². The van der Waals surface area contributed by atoms with Gasteiger partial charge in [0, 0.05) is 12.3 Å². The molecular formula is C19H19NO5. The van der Waals surface area contributed by atoms with Crippen molar-refractivity contribution in [2.75, 3.05) is 6.61 Å². The van der Waals surface area contributed by atoms with Gasteiger partial charge in [-0.15, -0.1) is 0 Å². The molecule has 1 atom stereocenters. The van der Waals surface area contributed by atoms with Crippen LogP contribution in [0.1, 0.15) is 11.1 Å². The Hall–Kier alpha value is -2.96. The number of benzene rings is 2. The fraction of sp³-hybridized carbons (Fsp3) is 0.158. The van der Waals surface area contributed by atoms with E-state index in [-0.39, 0.29) is 0 Å². The summed E-state index contributed by atoms with van der Waals surface area (Å²) in [7, 11) is 0. The van der Waals surface area contributed by atoms with Crippen LogP contribution in [-0.4, -0.2) is 39.9 Å². The Morgan fingerprint density at radius 2 is 1.48 bits per heavy atom. The Morgan fingerprint density at radius 3 is 1.88 bits per heavy atom. The summed E-state index contributed by atoms with van der Waals surface area (Å²) < 4.78 is 0. The van der Waals surface area contributed by atoms with Gasteiger partial charge in [0.1, 0.15) is 6.10 Å². The van der Waals surface area contributed by atoms with E-state index in [0.29, 0.717) is 11.1 Å². The molecule has 2 rings (SSSR count). The third-order valence-corrected chi connectivity index (χ3v) is 3.99. The molecule has 1 amide bonds. The summed E-state index contributed by atoms with van der Waals surface area (Å²) in [6, 6.07) is 17.4. The third kappa shape index (κ3) is 3.93. The second-order valence-corrected chi connectivity index (χ2v) is 5.44. The number of aliphatic hydroxyl groups is 2. The zero-order valence-electron chi connectivity index (χ0n) is 13.4. The fourth-order valence-corrected chi connectivity index (χ4v) is 2.72. The molecule has 0 saturated heterocycles. The van der Waals surface area contributed by atoms with Crippen molar-refractivity contribution in [1.29, 1.82) is 0 Å². The highest BCUT2D eigenvalue weighted by atomic mass is 16.4. The van der Waals surface area contributed by atoms with E-state index in [4.69, 9.17) is 5.11 Å². The van der Waals surface area contributed by atoms with Crippen LogP contribution in [0, 0.1) is 0 Å². The number of aliphatic hydroxyl groups excluding tert-OH is 2.